The molecule has 1 aromatic carbocycles. The first-order chi connectivity index (χ1) is 9.19. The molecule has 114 valence electrons. The maximum absolute atomic E-state index is 6.15. The number of nitrogens with one attached hydrogen (secondary N) is 1. The standard InChI is InChI=1S/C14H22ClN3O.HI/c1-4-19-10-9-17-14(16-2)18(3)11-12-7-5-6-8-13(12)15;/h5-8H,4,9-11H2,1-3H3,(H,16,17);1H. The van der Waals surface area contributed by atoms with Crippen LogP contribution < -0.4 is 5.32 Å². The average Bonchev–Trinajstić information content (AvgIpc) is 2.41. The van der Waals surface area contributed by atoms with Crippen LogP contribution in [-0.4, -0.2) is 44.7 Å². The zero-order chi connectivity index (χ0) is 14.1. The molecule has 0 aliphatic heterocycles. The molecule has 0 radical (unpaired) electrons. The lowest BCUT2D eigenvalue weighted by atomic mass is 10.2. The van der Waals surface area contributed by atoms with Crippen molar-refractivity contribution in [2.75, 3.05) is 33.9 Å². The van der Waals surface area contributed by atoms with Crippen molar-refractivity contribution in [1.29, 1.82) is 0 Å². The molecule has 1 aromatic rings. The molecule has 0 bridgehead atoms. The normalized spacial score (nSPS) is 10.9. The summed E-state index contributed by atoms with van der Waals surface area (Å²) in [5.41, 5.74) is 1.08. The molecule has 0 fully saturated rings. The fourth-order valence-electron chi connectivity index (χ4n) is 1.72. The third-order valence-corrected chi connectivity index (χ3v) is 3.04. The summed E-state index contributed by atoms with van der Waals surface area (Å²) >= 11 is 6.15. The van der Waals surface area contributed by atoms with E-state index < -0.39 is 0 Å². The number of guanidine groups is 1. The number of halogens is 2. The van der Waals surface area contributed by atoms with Gasteiger partial charge in [0.2, 0.25) is 0 Å². The fourth-order valence-corrected chi connectivity index (χ4v) is 1.92. The van der Waals surface area contributed by atoms with Gasteiger partial charge < -0.3 is 15.0 Å². The van der Waals surface area contributed by atoms with Crippen molar-refractivity contribution in [3.8, 4) is 0 Å². The van der Waals surface area contributed by atoms with Gasteiger partial charge in [0.25, 0.3) is 0 Å². The minimum atomic E-state index is 0. The highest BCUT2D eigenvalue weighted by atomic mass is 127. The van der Waals surface area contributed by atoms with Crippen molar-refractivity contribution in [3.63, 3.8) is 0 Å². The van der Waals surface area contributed by atoms with Crippen LogP contribution in [-0.2, 0) is 11.3 Å². The van der Waals surface area contributed by atoms with E-state index >= 15 is 0 Å². The van der Waals surface area contributed by atoms with E-state index in [9.17, 15) is 0 Å². The molecular weight excluding hydrogens is 389 g/mol. The molecule has 0 aromatic heterocycles. The van der Waals surface area contributed by atoms with Gasteiger partial charge in [0, 0.05) is 38.8 Å². The number of rotatable bonds is 6. The van der Waals surface area contributed by atoms with Crippen LogP contribution in [0.3, 0.4) is 0 Å². The lowest BCUT2D eigenvalue weighted by molar-refractivity contribution is 0.152. The van der Waals surface area contributed by atoms with E-state index in [2.05, 4.69) is 10.3 Å². The predicted molar refractivity (Wildman–Crippen MR) is 96.2 cm³/mol. The number of aliphatic imine (C=N–C) groups is 1. The first-order valence-electron chi connectivity index (χ1n) is 6.42. The van der Waals surface area contributed by atoms with Crippen LogP contribution in [0.15, 0.2) is 29.3 Å². The molecule has 20 heavy (non-hydrogen) atoms. The summed E-state index contributed by atoms with van der Waals surface area (Å²) in [5, 5.41) is 4.03. The highest BCUT2D eigenvalue weighted by Crippen LogP contribution is 2.16. The summed E-state index contributed by atoms with van der Waals surface area (Å²) in [6.07, 6.45) is 0. The number of benzene rings is 1. The van der Waals surface area contributed by atoms with Gasteiger partial charge in [0.05, 0.1) is 6.61 Å². The second-order valence-electron chi connectivity index (χ2n) is 4.12. The fraction of sp³-hybridized carbons (Fsp3) is 0.500. The third kappa shape index (κ3) is 6.76. The van der Waals surface area contributed by atoms with Crippen LogP contribution in [0.25, 0.3) is 0 Å². The molecule has 6 heteroatoms. The Morgan fingerprint density at radius 1 is 1.40 bits per heavy atom. The topological polar surface area (TPSA) is 36.9 Å². The summed E-state index contributed by atoms with van der Waals surface area (Å²) < 4.78 is 5.29. The molecule has 0 atom stereocenters. The highest BCUT2D eigenvalue weighted by molar-refractivity contribution is 14.0. The molecule has 4 nitrogen and oxygen atoms in total. The predicted octanol–water partition coefficient (Wildman–Crippen LogP) is 3.00. The molecule has 0 aliphatic carbocycles. The Morgan fingerprint density at radius 2 is 2.10 bits per heavy atom. The van der Waals surface area contributed by atoms with Crippen molar-refractivity contribution in [2.45, 2.75) is 13.5 Å². The molecule has 0 unspecified atom stereocenters. The Balaban J connectivity index is 0.00000361. The van der Waals surface area contributed by atoms with Gasteiger partial charge in [-0.15, -0.1) is 24.0 Å². The average molecular weight is 412 g/mol. The maximum atomic E-state index is 6.15. The van der Waals surface area contributed by atoms with E-state index in [1.54, 1.807) is 7.05 Å². The van der Waals surface area contributed by atoms with E-state index in [-0.39, 0.29) is 24.0 Å². The van der Waals surface area contributed by atoms with E-state index in [4.69, 9.17) is 16.3 Å². The zero-order valence-electron chi connectivity index (χ0n) is 12.2. The minimum absolute atomic E-state index is 0. The smallest absolute Gasteiger partial charge is 0.193 e. The van der Waals surface area contributed by atoms with Crippen LogP contribution in [0.5, 0.6) is 0 Å². The van der Waals surface area contributed by atoms with Gasteiger partial charge >= 0.3 is 0 Å². The van der Waals surface area contributed by atoms with Gasteiger partial charge in [-0.05, 0) is 18.6 Å². The third-order valence-electron chi connectivity index (χ3n) is 2.67. The molecule has 0 saturated carbocycles. The summed E-state index contributed by atoms with van der Waals surface area (Å²) in [6.45, 7) is 4.85. The quantitative estimate of drug-likeness (QED) is 0.338. The van der Waals surface area contributed by atoms with Gasteiger partial charge in [-0.3, -0.25) is 4.99 Å². The minimum Gasteiger partial charge on any atom is -0.380 e. The zero-order valence-corrected chi connectivity index (χ0v) is 15.3. The SMILES string of the molecule is CCOCCNC(=NC)N(C)Cc1ccccc1Cl.I. The van der Waals surface area contributed by atoms with E-state index in [0.717, 1.165) is 29.7 Å². The number of hydrogen-bond acceptors (Lipinski definition) is 2. The van der Waals surface area contributed by atoms with E-state index in [0.29, 0.717) is 13.2 Å². The maximum Gasteiger partial charge on any atom is 0.193 e. The van der Waals surface area contributed by atoms with Crippen LogP contribution >= 0.6 is 35.6 Å². The van der Waals surface area contributed by atoms with Crippen molar-refractivity contribution < 1.29 is 4.74 Å². The van der Waals surface area contributed by atoms with Crippen LogP contribution in [0, 0.1) is 0 Å². The Bertz CT molecular complexity index is 415. The number of hydrogen-bond donors (Lipinski definition) is 1. The summed E-state index contributed by atoms with van der Waals surface area (Å²) in [6, 6.07) is 7.84. The van der Waals surface area contributed by atoms with Crippen LogP contribution in [0.2, 0.25) is 5.02 Å². The Hall–Kier alpha value is -0.530. The summed E-state index contributed by atoms with van der Waals surface area (Å²) in [4.78, 5) is 6.28. The van der Waals surface area contributed by atoms with Crippen molar-refractivity contribution >= 4 is 41.5 Å². The number of ether oxygens (including phenoxy) is 1. The summed E-state index contributed by atoms with van der Waals surface area (Å²) in [5.74, 6) is 0.833. The lowest BCUT2D eigenvalue weighted by Crippen LogP contribution is -2.40. The molecular formula is C14H23ClIN3O. The van der Waals surface area contributed by atoms with Crippen molar-refractivity contribution in [1.82, 2.24) is 10.2 Å². The van der Waals surface area contributed by atoms with Gasteiger partial charge in [-0.2, -0.15) is 0 Å². The first kappa shape index (κ1) is 19.5. The van der Waals surface area contributed by atoms with Crippen LogP contribution in [0.4, 0.5) is 0 Å². The monoisotopic (exact) mass is 411 g/mol. The Kier molecular flexibility index (Phi) is 10.9. The molecule has 0 spiro atoms. The van der Waals surface area contributed by atoms with Gasteiger partial charge in [-0.25, -0.2) is 0 Å². The summed E-state index contributed by atoms with van der Waals surface area (Å²) in [7, 11) is 3.76. The van der Waals surface area contributed by atoms with Gasteiger partial charge in [0.1, 0.15) is 0 Å². The molecule has 1 rings (SSSR count). The molecule has 0 aliphatic rings. The number of nitrogens with zero attached hydrogens (tertiary/aromatic N) is 2. The largest absolute Gasteiger partial charge is 0.380 e. The molecule has 0 amide bonds. The Morgan fingerprint density at radius 3 is 2.70 bits per heavy atom. The second-order valence-corrected chi connectivity index (χ2v) is 4.53. The van der Waals surface area contributed by atoms with Crippen molar-refractivity contribution in [2.24, 2.45) is 4.99 Å². The van der Waals surface area contributed by atoms with Gasteiger partial charge in [-0.1, -0.05) is 29.8 Å². The van der Waals surface area contributed by atoms with Gasteiger partial charge in [0.15, 0.2) is 5.96 Å². The van der Waals surface area contributed by atoms with Crippen LogP contribution in [0.1, 0.15) is 12.5 Å². The first-order valence-corrected chi connectivity index (χ1v) is 6.79. The molecule has 0 heterocycles. The lowest BCUT2D eigenvalue weighted by Gasteiger charge is -2.22. The molecule has 1 N–H and O–H groups in total. The van der Waals surface area contributed by atoms with E-state index in [1.165, 1.54) is 0 Å². The van der Waals surface area contributed by atoms with Crippen molar-refractivity contribution in [3.05, 3.63) is 34.9 Å². The Labute approximate surface area is 143 Å². The molecule has 0 saturated heterocycles. The highest BCUT2D eigenvalue weighted by Gasteiger charge is 2.08. The second kappa shape index (κ2) is 11.2. The van der Waals surface area contributed by atoms with E-state index in [1.807, 2.05) is 43.1 Å².